The van der Waals surface area contributed by atoms with Crippen molar-refractivity contribution in [1.82, 2.24) is 4.98 Å². The Morgan fingerprint density at radius 3 is 2.75 bits per heavy atom. The lowest BCUT2D eigenvalue weighted by Gasteiger charge is -2.12. The number of halogens is 1. The van der Waals surface area contributed by atoms with Gasteiger partial charge in [0.1, 0.15) is 16.9 Å². The topological polar surface area (TPSA) is 22.1 Å². The Morgan fingerprint density at radius 2 is 2.00 bits per heavy atom. The van der Waals surface area contributed by atoms with Gasteiger partial charge >= 0.3 is 0 Å². The van der Waals surface area contributed by atoms with Crippen molar-refractivity contribution in [2.45, 2.75) is 18.9 Å². The van der Waals surface area contributed by atoms with Crippen molar-refractivity contribution in [3.05, 3.63) is 58.5 Å². The van der Waals surface area contributed by atoms with Gasteiger partial charge in [-0.2, -0.15) is 0 Å². The van der Waals surface area contributed by atoms with Crippen molar-refractivity contribution >= 4 is 33.7 Å². The summed E-state index contributed by atoms with van der Waals surface area (Å²) in [6, 6.07) is 14.4. The van der Waals surface area contributed by atoms with Gasteiger partial charge in [0.15, 0.2) is 0 Å². The highest BCUT2D eigenvalue weighted by Gasteiger charge is 2.12. The molecule has 0 amide bonds. The summed E-state index contributed by atoms with van der Waals surface area (Å²) in [7, 11) is 0. The fourth-order valence-electron chi connectivity index (χ4n) is 2.07. The minimum absolute atomic E-state index is 0.0712. The van der Waals surface area contributed by atoms with Gasteiger partial charge in [-0.3, -0.25) is 0 Å². The van der Waals surface area contributed by atoms with E-state index in [9.17, 15) is 0 Å². The summed E-state index contributed by atoms with van der Waals surface area (Å²) in [4.78, 5) is 4.45. The first-order chi connectivity index (χ1) is 9.76. The van der Waals surface area contributed by atoms with Crippen LogP contribution in [0.5, 0.6) is 5.75 Å². The molecule has 1 aromatic heterocycles. The Bertz CT molecular complexity index is 725. The van der Waals surface area contributed by atoms with Crippen LogP contribution in [0.4, 0.5) is 0 Å². The standard InChI is InChI=1S/C16H14ClNOS/c1-11(16-18-14(9-17)10-20-16)19-15-7-6-12-4-2-3-5-13(12)8-15/h2-8,10-11H,9H2,1H3. The van der Waals surface area contributed by atoms with Gasteiger partial charge in [-0.25, -0.2) is 4.98 Å². The molecule has 1 atom stereocenters. The molecule has 2 nitrogen and oxygen atoms in total. The molecule has 3 aromatic rings. The number of ether oxygens (including phenoxy) is 1. The van der Waals surface area contributed by atoms with Crippen molar-refractivity contribution < 1.29 is 4.74 Å². The SMILES string of the molecule is CC(Oc1ccc2ccccc2c1)c1nc(CCl)cs1. The van der Waals surface area contributed by atoms with Gasteiger partial charge in [-0.1, -0.05) is 30.3 Å². The molecule has 4 heteroatoms. The van der Waals surface area contributed by atoms with Crippen LogP contribution in [-0.4, -0.2) is 4.98 Å². The lowest BCUT2D eigenvalue weighted by atomic mass is 10.1. The maximum Gasteiger partial charge on any atom is 0.147 e. The highest BCUT2D eigenvalue weighted by atomic mass is 35.5. The first-order valence-corrected chi connectivity index (χ1v) is 7.83. The van der Waals surface area contributed by atoms with Crippen LogP contribution >= 0.6 is 22.9 Å². The van der Waals surface area contributed by atoms with E-state index in [1.54, 1.807) is 11.3 Å². The van der Waals surface area contributed by atoms with E-state index in [0.717, 1.165) is 16.5 Å². The average Bonchev–Trinajstić information content (AvgIpc) is 2.96. The largest absolute Gasteiger partial charge is 0.484 e. The van der Waals surface area contributed by atoms with Crippen molar-refractivity contribution in [1.29, 1.82) is 0 Å². The second kappa shape index (κ2) is 5.81. The summed E-state index contributed by atoms with van der Waals surface area (Å²) < 4.78 is 5.97. The van der Waals surface area contributed by atoms with E-state index in [2.05, 4.69) is 29.2 Å². The van der Waals surface area contributed by atoms with Gasteiger partial charge in [-0.05, 0) is 29.8 Å². The van der Waals surface area contributed by atoms with Gasteiger partial charge in [0.2, 0.25) is 0 Å². The van der Waals surface area contributed by atoms with Crippen LogP contribution in [0.2, 0.25) is 0 Å². The van der Waals surface area contributed by atoms with E-state index in [1.165, 1.54) is 10.8 Å². The first-order valence-electron chi connectivity index (χ1n) is 6.42. The molecule has 0 N–H and O–H groups in total. The predicted octanol–water partition coefficient (Wildman–Crippen LogP) is 5.18. The van der Waals surface area contributed by atoms with Gasteiger partial charge in [0, 0.05) is 5.38 Å². The third-order valence-electron chi connectivity index (χ3n) is 3.09. The van der Waals surface area contributed by atoms with Gasteiger partial charge in [0.05, 0.1) is 11.6 Å². The molecule has 0 aliphatic carbocycles. The van der Waals surface area contributed by atoms with Crippen molar-refractivity contribution in [2.75, 3.05) is 0 Å². The Balaban J connectivity index is 1.81. The smallest absolute Gasteiger partial charge is 0.147 e. The zero-order chi connectivity index (χ0) is 13.9. The zero-order valence-corrected chi connectivity index (χ0v) is 12.6. The number of hydrogen-bond acceptors (Lipinski definition) is 3. The van der Waals surface area contributed by atoms with E-state index in [-0.39, 0.29) is 6.10 Å². The summed E-state index contributed by atoms with van der Waals surface area (Å²) in [5, 5.41) is 5.32. The second-order valence-electron chi connectivity index (χ2n) is 4.58. The maximum atomic E-state index is 5.97. The van der Waals surface area contributed by atoms with Gasteiger partial charge < -0.3 is 4.74 Å². The van der Waals surface area contributed by atoms with Gasteiger partial charge in [-0.15, -0.1) is 22.9 Å². The summed E-state index contributed by atoms with van der Waals surface area (Å²) >= 11 is 7.36. The van der Waals surface area contributed by atoms with Gasteiger partial charge in [0.25, 0.3) is 0 Å². The van der Waals surface area contributed by atoms with E-state index in [1.807, 2.05) is 30.5 Å². The first kappa shape index (κ1) is 13.4. The van der Waals surface area contributed by atoms with Crippen LogP contribution in [0, 0.1) is 0 Å². The molecule has 20 heavy (non-hydrogen) atoms. The Morgan fingerprint density at radius 1 is 1.20 bits per heavy atom. The summed E-state index contributed by atoms with van der Waals surface area (Å²) in [5.74, 6) is 1.30. The van der Waals surface area contributed by atoms with Crippen LogP contribution in [0.15, 0.2) is 47.8 Å². The molecular formula is C16H14ClNOS. The molecule has 0 spiro atoms. The molecule has 0 saturated heterocycles. The highest BCUT2D eigenvalue weighted by Crippen LogP contribution is 2.27. The molecule has 1 heterocycles. The molecule has 0 radical (unpaired) electrons. The number of rotatable bonds is 4. The number of nitrogens with zero attached hydrogens (tertiary/aromatic N) is 1. The maximum absolute atomic E-state index is 5.97. The monoisotopic (exact) mass is 303 g/mol. The molecule has 0 aliphatic rings. The van der Waals surface area contributed by atoms with E-state index >= 15 is 0 Å². The Hall–Kier alpha value is -1.58. The Kier molecular flexibility index (Phi) is 3.90. The molecule has 1 unspecified atom stereocenters. The second-order valence-corrected chi connectivity index (χ2v) is 5.74. The summed E-state index contributed by atoms with van der Waals surface area (Å²) in [6.45, 7) is 2.01. The lowest BCUT2D eigenvalue weighted by molar-refractivity contribution is 0.226. The molecule has 0 saturated carbocycles. The molecule has 0 bridgehead atoms. The van der Waals surface area contributed by atoms with Crippen molar-refractivity contribution in [3.8, 4) is 5.75 Å². The van der Waals surface area contributed by atoms with Crippen LogP contribution < -0.4 is 4.74 Å². The average molecular weight is 304 g/mol. The minimum atomic E-state index is -0.0712. The number of aromatic nitrogens is 1. The zero-order valence-electron chi connectivity index (χ0n) is 11.0. The third kappa shape index (κ3) is 2.79. The third-order valence-corrected chi connectivity index (χ3v) is 4.42. The van der Waals surface area contributed by atoms with Crippen LogP contribution in [0.3, 0.4) is 0 Å². The van der Waals surface area contributed by atoms with Crippen molar-refractivity contribution in [3.63, 3.8) is 0 Å². The molecule has 102 valence electrons. The predicted molar refractivity (Wildman–Crippen MR) is 84.7 cm³/mol. The Labute approximate surface area is 127 Å². The molecular weight excluding hydrogens is 290 g/mol. The van der Waals surface area contributed by atoms with Crippen LogP contribution in [0.25, 0.3) is 10.8 Å². The minimum Gasteiger partial charge on any atom is -0.484 e. The van der Waals surface area contributed by atoms with Crippen molar-refractivity contribution in [2.24, 2.45) is 0 Å². The number of thiazole rings is 1. The summed E-state index contributed by atoms with van der Waals surface area (Å²) in [5.41, 5.74) is 0.903. The molecule has 3 rings (SSSR count). The number of fused-ring (bicyclic) bond motifs is 1. The summed E-state index contributed by atoms with van der Waals surface area (Å²) in [6.07, 6.45) is -0.0712. The fraction of sp³-hybridized carbons (Fsp3) is 0.188. The quantitative estimate of drug-likeness (QED) is 0.620. The number of alkyl halides is 1. The number of benzene rings is 2. The number of hydrogen-bond donors (Lipinski definition) is 0. The molecule has 0 fully saturated rings. The highest BCUT2D eigenvalue weighted by molar-refractivity contribution is 7.09. The van der Waals surface area contributed by atoms with Crippen LogP contribution in [-0.2, 0) is 5.88 Å². The lowest BCUT2D eigenvalue weighted by Crippen LogP contribution is -2.02. The molecule has 0 aliphatic heterocycles. The van der Waals surface area contributed by atoms with Crippen LogP contribution in [0.1, 0.15) is 23.7 Å². The van der Waals surface area contributed by atoms with E-state index in [4.69, 9.17) is 16.3 Å². The van der Waals surface area contributed by atoms with E-state index < -0.39 is 0 Å². The fourth-order valence-corrected chi connectivity index (χ4v) is 3.10. The van der Waals surface area contributed by atoms with E-state index in [0.29, 0.717) is 5.88 Å². The molecule has 2 aromatic carbocycles. The normalized spacial score (nSPS) is 12.5.